The van der Waals surface area contributed by atoms with Gasteiger partial charge in [-0.05, 0) is 83.9 Å². The first-order valence-corrected chi connectivity index (χ1v) is 16.6. The molecule has 1 nitrogen and oxygen atoms in total. The van der Waals surface area contributed by atoms with Crippen LogP contribution in [0.15, 0.2) is 208 Å². The third kappa shape index (κ3) is 4.26. The molecule has 0 bridgehead atoms. The standard InChI is InChI=1S/C42H31NS/c1-4-19-35(20-5-1)44(36-21-6-2-7-22-36,37-23-8-3-9-24-37)38-25-15-17-33(31-38)32-16-14-18-34(30-32)43-41-28-12-10-26-39(41)40-27-11-13-29-42(40)43/h1-31H. The fourth-order valence-electron chi connectivity index (χ4n) is 6.58. The van der Waals surface area contributed by atoms with Gasteiger partial charge in [-0.2, -0.15) is 0 Å². The lowest BCUT2D eigenvalue weighted by atomic mass is 10.1. The predicted molar refractivity (Wildman–Crippen MR) is 186 cm³/mol. The van der Waals surface area contributed by atoms with Gasteiger partial charge < -0.3 is 4.57 Å². The van der Waals surface area contributed by atoms with Gasteiger partial charge >= 0.3 is 0 Å². The first-order valence-electron chi connectivity index (χ1n) is 15.0. The quantitative estimate of drug-likeness (QED) is 0.184. The summed E-state index contributed by atoms with van der Waals surface area (Å²) in [4.78, 5) is 5.30. The van der Waals surface area contributed by atoms with Crippen molar-refractivity contribution in [1.29, 1.82) is 0 Å². The van der Waals surface area contributed by atoms with Gasteiger partial charge in [0.25, 0.3) is 0 Å². The largest absolute Gasteiger partial charge is 0.309 e. The van der Waals surface area contributed by atoms with Crippen LogP contribution in [0.1, 0.15) is 0 Å². The van der Waals surface area contributed by atoms with E-state index in [1.165, 1.54) is 52.5 Å². The zero-order chi connectivity index (χ0) is 29.3. The van der Waals surface area contributed by atoms with E-state index >= 15 is 0 Å². The van der Waals surface area contributed by atoms with Gasteiger partial charge in [0, 0.05) is 36.0 Å². The fourth-order valence-corrected chi connectivity index (χ4v) is 10.5. The number of hydrogen-bond acceptors (Lipinski definition) is 0. The Morgan fingerprint density at radius 1 is 0.318 bits per heavy atom. The SMILES string of the molecule is c1ccc(S(c2ccccc2)(c2ccccc2)c2cccc(-c3cccc(-n4c5ccccc5c5ccccc54)c3)c2)cc1. The maximum atomic E-state index is 2.42. The van der Waals surface area contributed by atoms with Gasteiger partial charge in [-0.15, -0.1) is 10.0 Å². The smallest absolute Gasteiger partial charge is 0.0541 e. The van der Waals surface area contributed by atoms with Crippen LogP contribution in [0.3, 0.4) is 0 Å². The average molecular weight is 582 g/mol. The lowest BCUT2D eigenvalue weighted by Gasteiger charge is -2.42. The monoisotopic (exact) mass is 581 g/mol. The molecule has 0 aliphatic rings. The van der Waals surface area contributed by atoms with Crippen molar-refractivity contribution in [3.63, 3.8) is 0 Å². The molecule has 8 rings (SSSR count). The van der Waals surface area contributed by atoms with Crippen LogP contribution in [0.5, 0.6) is 0 Å². The van der Waals surface area contributed by atoms with Gasteiger partial charge in [0.1, 0.15) is 0 Å². The molecule has 0 fully saturated rings. The van der Waals surface area contributed by atoms with E-state index in [2.05, 4.69) is 193 Å². The van der Waals surface area contributed by atoms with Crippen molar-refractivity contribution in [3.8, 4) is 16.8 Å². The van der Waals surface area contributed by atoms with Gasteiger partial charge in [-0.3, -0.25) is 0 Å². The Bertz CT molecular complexity index is 2070. The zero-order valence-corrected chi connectivity index (χ0v) is 25.1. The van der Waals surface area contributed by atoms with Crippen LogP contribution in [-0.4, -0.2) is 4.57 Å². The van der Waals surface area contributed by atoms with E-state index in [0.717, 1.165) is 5.69 Å². The van der Waals surface area contributed by atoms with Gasteiger partial charge in [0.15, 0.2) is 0 Å². The number of hydrogen-bond donors (Lipinski definition) is 0. The molecule has 0 unspecified atom stereocenters. The first-order chi connectivity index (χ1) is 21.8. The van der Waals surface area contributed by atoms with Crippen LogP contribution in [0.2, 0.25) is 0 Å². The second-order valence-electron chi connectivity index (χ2n) is 11.0. The zero-order valence-electron chi connectivity index (χ0n) is 24.3. The summed E-state index contributed by atoms with van der Waals surface area (Å²) in [5.74, 6) is 0. The summed E-state index contributed by atoms with van der Waals surface area (Å²) in [5.41, 5.74) is 6.03. The van der Waals surface area contributed by atoms with E-state index in [-0.39, 0.29) is 0 Å². The second kappa shape index (κ2) is 11.1. The van der Waals surface area contributed by atoms with Crippen LogP contribution in [0, 0.1) is 0 Å². The fraction of sp³-hybridized carbons (Fsp3) is 0. The summed E-state index contributed by atoms with van der Waals surface area (Å²) in [5, 5.41) is 2.55. The van der Waals surface area contributed by atoms with Crippen LogP contribution in [0.4, 0.5) is 0 Å². The molecule has 210 valence electrons. The maximum Gasteiger partial charge on any atom is 0.0541 e. The summed E-state index contributed by atoms with van der Waals surface area (Å²) >= 11 is 0. The molecule has 0 aliphatic carbocycles. The molecule has 8 aromatic rings. The number of fused-ring (bicyclic) bond motifs is 3. The Morgan fingerprint density at radius 2 is 0.727 bits per heavy atom. The summed E-state index contributed by atoms with van der Waals surface area (Å²) in [6, 6.07) is 68.7. The highest BCUT2D eigenvalue weighted by Crippen LogP contribution is 2.73. The Balaban J connectivity index is 1.35. The van der Waals surface area contributed by atoms with Crippen molar-refractivity contribution in [2.75, 3.05) is 0 Å². The molecule has 0 aliphatic heterocycles. The minimum atomic E-state index is -1.76. The van der Waals surface area contributed by atoms with Crippen molar-refractivity contribution in [3.05, 3.63) is 188 Å². The Kier molecular flexibility index (Phi) is 6.63. The highest BCUT2D eigenvalue weighted by molar-refractivity contribution is 8.34. The number of nitrogens with zero attached hydrogens (tertiary/aromatic N) is 1. The Labute approximate surface area is 260 Å². The lowest BCUT2D eigenvalue weighted by molar-refractivity contribution is 1.18. The van der Waals surface area contributed by atoms with Crippen LogP contribution < -0.4 is 0 Å². The van der Waals surface area contributed by atoms with E-state index in [9.17, 15) is 0 Å². The molecule has 44 heavy (non-hydrogen) atoms. The molecule has 1 heterocycles. The van der Waals surface area contributed by atoms with Crippen LogP contribution in [0.25, 0.3) is 38.6 Å². The molecule has 0 amide bonds. The third-order valence-electron chi connectivity index (χ3n) is 8.50. The van der Waals surface area contributed by atoms with Gasteiger partial charge in [-0.25, -0.2) is 0 Å². The van der Waals surface area contributed by atoms with E-state index in [0.29, 0.717) is 0 Å². The third-order valence-corrected chi connectivity index (χ3v) is 12.4. The highest BCUT2D eigenvalue weighted by atomic mass is 32.3. The predicted octanol–water partition coefficient (Wildman–Crippen LogP) is 11.8. The minimum absolute atomic E-state index is 1.16. The van der Waals surface area contributed by atoms with Gasteiger partial charge in [0.2, 0.25) is 0 Å². The summed E-state index contributed by atoms with van der Waals surface area (Å²) in [6.45, 7) is 0. The number of para-hydroxylation sites is 2. The minimum Gasteiger partial charge on any atom is -0.309 e. The lowest BCUT2D eigenvalue weighted by Crippen LogP contribution is -2.05. The molecule has 0 spiro atoms. The Hall–Kier alpha value is -5.31. The second-order valence-corrected chi connectivity index (χ2v) is 14.1. The van der Waals surface area contributed by atoms with E-state index in [1.54, 1.807) is 0 Å². The summed E-state index contributed by atoms with van der Waals surface area (Å²) in [7, 11) is -1.76. The van der Waals surface area contributed by atoms with Crippen LogP contribution >= 0.6 is 10.0 Å². The highest BCUT2D eigenvalue weighted by Gasteiger charge is 2.33. The molecule has 0 atom stereocenters. The average Bonchev–Trinajstić information content (AvgIpc) is 3.45. The first kappa shape index (κ1) is 26.3. The molecule has 0 N–H and O–H groups in total. The normalized spacial score (nSPS) is 12.0. The van der Waals surface area contributed by atoms with E-state index in [4.69, 9.17) is 0 Å². The molecule has 0 saturated heterocycles. The van der Waals surface area contributed by atoms with Crippen molar-refractivity contribution in [1.82, 2.24) is 4.57 Å². The Morgan fingerprint density at radius 3 is 1.25 bits per heavy atom. The number of aromatic nitrogens is 1. The van der Waals surface area contributed by atoms with Crippen molar-refractivity contribution in [2.24, 2.45) is 0 Å². The summed E-state index contributed by atoms with van der Waals surface area (Å²) in [6.07, 6.45) is 0. The van der Waals surface area contributed by atoms with Crippen LogP contribution in [-0.2, 0) is 0 Å². The van der Waals surface area contributed by atoms with Gasteiger partial charge in [-0.1, -0.05) is 115 Å². The summed E-state index contributed by atoms with van der Waals surface area (Å²) < 4.78 is 2.39. The maximum absolute atomic E-state index is 2.42. The number of rotatable bonds is 6. The van der Waals surface area contributed by atoms with Gasteiger partial charge in [0.05, 0.1) is 11.0 Å². The molecule has 0 radical (unpaired) electrons. The van der Waals surface area contributed by atoms with Crippen molar-refractivity contribution >= 4 is 31.8 Å². The van der Waals surface area contributed by atoms with E-state index < -0.39 is 10.0 Å². The van der Waals surface area contributed by atoms with E-state index in [1.807, 2.05) is 0 Å². The molecular weight excluding hydrogens is 551 g/mol. The topological polar surface area (TPSA) is 4.93 Å². The molecule has 1 aromatic heterocycles. The molecular formula is C42H31NS. The van der Waals surface area contributed by atoms with Crippen molar-refractivity contribution in [2.45, 2.75) is 19.6 Å². The van der Waals surface area contributed by atoms with Crippen molar-refractivity contribution < 1.29 is 0 Å². The molecule has 2 heteroatoms. The molecule has 0 saturated carbocycles. The number of benzene rings is 7. The molecule has 7 aromatic carbocycles.